The van der Waals surface area contributed by atoms with E-state index in [9.17, 15) is 14.7 Å². The number of nitrogens with two attached hydrogens (primary N) is 1. The maximum absolute atomic E-state index is 12.9. The summed E-state index contributed by atoms with van der Waals surface area (Å²) in [5.74, 6) is -0.437. The van der Waals surface area contributed by atoms with E-state index < -0.39 is 24.1 Å². The highest BCUT2D eigenvalue weighted by Gasteiger charge is 2.30. The molecule has 0 saturated carbocycles. The molecular formula is C23H19N5O4S2. The molecule has 6 N–H and O–H groups in total. The van der Waals surface area contributed by atoms with Crippen molar-refractivity contribution in [1.29, 1.82) is 0 Å². The van der Waals surface area contributed by atoms with Gasteiger partial charge >= 0.3 is 6.09 Å². The molecule has 0 radical (unpaired) electrons. The van der Waals surface area contributed by atoms with Gasteiger partial charge in [0.2, 0.25) is 0 Å². The summed E-state index contributed by atoms with van der Waals surface area (Å²) >= 11 is 2.89. The summed E-state index contributed by atoms with van der Waals surface area (Å²) in [7, 11) is 0. The fraction of sp³-hybridized carbons (Fsp3) is 0.0870. The lowest BCUT2D eigenvalue weighted by molar-refractivity contribution is -0.125. The summed E-state index contributed by atoms with van der Waals surface area (Å²) in [5.41, 5.74) is 7.94. The zero-order chi connectivity index (χ0) is 23.7. The fourth-order valence-corrected chi connectivity index (χ4v) is 5.47. The largest absolute Gasteiger partial charge is 0.413 e. The van der Waals surface area contributed by atoms with Crippen molar-refractivity contribution in [3.63, 3.8) is 0 Å². The molecule has 0 aliphatic heterocycles. The molecule has 9 nitrogen and oxygen atoms in total. The van der Waals surface area contributed by atoms with Gasteiger partial charge in [0.1, 0.15) is 0 Å². The Bertz CT molecular complexity index is 1450. The standard InChI is InChI=1S/C23H19N5O4S2/c24-22-26-14-7-6-13(10-15(14)27-22)25-21(30)20(29)19(12-4-2-1-3-5-12)28-23(31)32-18-11-17-16(34-18)8-9-33-17/h1-11,19-20,29H,(H,25,30)(H,28,31)(H3,24,26,27). The van der Waals surface area contributed by atoms with Crippen LogP contribution in [0.5, 0.6) is 5.06 Å². The molecule has 11 heteroatoms. The van der Waals surface area contributed by atoms with Crippen LogP contribution in [-0.2, 0) is 4.79 Å². The number of aliphatic hydroxyl groups excluding tert-OH is 1. The number of amides is 2. The number of benzene rings is 2. The molecule has 3 aromatic heterocycles. The number of anilines is 2. The van der Waals surface area contributed by atoms with E-state index >= 15 is 0 Å². The Labute approximate surface area is 201 Å². The van der Waals surface area contributed by atoms with Gasteiger partial charge in [-0.2, -0.15) is 0 Å². The van der Waals surface area contributed by atoms with E-state index in [1.807, 2.05) is 11.4 Å². The number of ether oxygens (including phenoxy) is 1. The highest BCUT2D eigenvalue weighted by Crippen LogP contribution is 2.35. The highest BCUT2D eigenvalue weighted by molar-refractivity contribution is 7.27. The average molecular weight is 494 g/mol. The van der Waals surface area contributed by atoms with Gasteiger partial charge in [-0.05, 0) is 35.2 Å². The van der Waals surface area contributed by atoms with Crippen LogP contribution in [-0.4, -0.2) is 33.2 Å². The van der Waals surface area contributed by atoms with Gasteiger partial charge in [0.25, 0.3) is 5.91 Å². The van der Waals surface area contributed by atoms with Crippen molar-refractivity contribution in [2.75, 3.05) is 11.1 Å². The Kier molecular flexibility index (Phi) is 5.88. The number of H-pyrrole nitrogens is 1. The number of nitrogens with zero attached hydrogens (tertiary/aromatic N) is 1. The maximum Gasteiger partial charge on any atom is 0.413 e. The van der Waals surface area contributed by atoms with Gasteiger partial charge in [0.05, 0.1) is 17.1 Å². The summed E-state index contributed by atoms with van der Waals surface area (Å²) < 4.78 is 7.45. The first-order valence-electron chi connectivity index (χ1n) is 10.2. The number of rotatable bonds is 6. The quantitative estimate of drug-likeness (QED) is 0.239. The number of carbonyl (C=O) groups is 2. The second-order valence-corrected chi connectivity index (χ2v) is 9.42. The summed E-state index contributed by atoms with van der Waals surface area (Å²) in [6.45, 7) is 0. The lowest BCUT2D eigenvalue weighted by Crippen LogP contribution is -2.43. The molecule has 2 aromatic carbocycles. The monoisotopic (exact) mass is 493 g/mol. The van der Waals surface area contributed by atoms with Crippen LogP contribution in [0.3, 0.4) is 0 Å². The Morgan fingerprint density at radius 1 is 1.09 bits per heavy atom. The van der Waals surface area contributed by atoms with Gasteiger partial charge in [0.15, 0.2) is 17.1 Å². The highest BCUT2D eigenvalue weighted by atomic mass is 32.1. The van der Waals surface area contributed by atoms with E-state index in [-0.39, 0.29) is 5.95 Å². The van der Waals surface area contributed by atoms with E-state index in [1.165, 1.54) is 11.3 Å². The van der Waals surface area contributed by atoms with Crippen molar-refractivity contribution < 1.29 is 19.4 Å². The topological polar surface area (TPSA) is 142 Å². The number of nitrogen functional groups attached to an aromatic ring is 1. The molecule has 5 rings (SSSR count). The van der Waals surface area contributed by atoms with Crippen LogP contribution in [0.2, 0.25) is 0 Å². The van der Waals surface area contributed by atoms with Crippen LogP contribution >= 0.6 is 22.7 Å². The summed E-state index contributed by atoms with van der Waals surface area (Å²) in [6.07, 6.45) is -2.37. The molecule has 2 atom stereocenters. The predicted molar refractivity (Wildman–Crippen MR) is 133 cm³/mol. The number of imidazole rings is 1. The maximum atomic E-state index is 12.9. The van der Waals surface area contributed by atoms with Gasteiger partial charge in [-0.3, -0.25) is 4.79 Å². The average Bonchev–Trinajstić information content (AvgIpc) is 3.51. The van der Waals surface area contributed by atoms with Crippen molar-refractivity contribution in [1.82, 2.24) is 15.3 Å². The second kappa shape index (κ2) is 9.14. The number of aromatic nitrogens is 2. The molecule has 2 unspecified atom stereocenters. The first-order chi connectivity index (χ1) is 16.5. The number of fused-ring (bicyclic) bond motifs is 2. The van der Waals surface area contributed by atoms with Gasteiger partial charge < -0.3 is 31.2 Å². The van der Waals surface area contributed by atoms with Crippen LogP contribution in [0.25, 0.3) is 20.4 Å². The smallest absolute Gasteiger partial charge is 0.399 e. The number of hydrogen-bond donors (Lipinski definition) is 5. The minimum Gasteiger partial charge on any atom is -0.399 e. The summed E-state index contributed by atoms with van der Waals surface area (Å²) in [6, 6.07) is 16.4. The number of aliphatic hydroxyl groups is 1. The molecule has 0 spiro atoms. The van der Waals surface area contributed by atoms with Crippen molar-refractivity contribution in [2.24, 2.45) is 0 Å². The number of thiophene rings is 2. The minimum absolute atomic E-state index is 0.260. The number of nitrogens with one attached hydrogen (secondary N) is 3. The number of carbonyl (C=O) groups excluding carboxylic acids is 2. The molecular weight excluding hydrogens is 474 g/mol. The Morgan fingerprint density at radius 2 is 1.91 bits per heavy atom. The van der Waals surface area contributed by atoms with Gasteiger partial charge in [-0.25, -0.2) is 9.78 Å². The Hall–Kier alpha value is -3.93. The van der Waals surface area contributed by atoms with Gasteiger partial charge in [0, 0.05) is 21.2 Å². The molecule has 172 valence electrons. The third-order valence-electron chi connectivity index (χ3n) is 5.09. The Morgan fingerprint density at radius 3 is 2.71 bits per heavy atom. The van der Waals surface area contributed by atoms with Crippen LogP contribution < -0.4 is 21.1 Å². The molecule has 0 aliphatic carbocycles. The second-order valence-electron chi connectivity index (χ2n) is 7.42. The van der Waals surface area contributed by atoms with Gasteiger partial charge in [-0.15, -0.1) is 11.3 Å². The lowest BCUT2D eigenvalue weighted by atomic mass is 10.0. The molecule has 0 saturated heterocycles. The molecule has 34 heavy (non-hydrogen) atoms. The zero-order valence-corrected chi connectivity index (χ0v) is 19.2. The molecule has 3 heterocycles. The van der Waals surface area contributed by atoms with Gasteiger partial charge in [-0.1, -0.05) is 41.7 Å². The molecule has 0 fully saturated rings. The number of aromatic amines is 1. The first-order valence-corrected chi connectivity index (χ1v) is 11.9. The summed E-state index contributed by atoms with van der Waals surface area (Å²) in [5, 5.41) is 18.6. The SMILES string of the molecule is Nc1nc2ccc(NC(=O)C(O)C(NC(=O)Oc3cc4sccc4s3)c3ccccc3)cc2[nH]1. The minimum atomic E-state index is -1.59. The lowest BCUT2D eigenvalue weighted by Gasteiger charge is -2.23. The molecule has 0 aliphatic rings. The molecule has 0 bridgehead atoms. The van der Waals surface area contributed by atoms with Crippen molar-refractivity contribution >= 4 is 66.7 Å². The molecule has 2 amide bonds. The van der Waals surface area contributed by atoms with Crippen molar-refractivity contribution in [3.05, 3.63) is 71.6 Å². The van der Waals surface area contributed by atoms with E-state index in [0.717, 1.165) is 9.40 Å². The van der Waals surface area contributed by atoms with Crippen LogP contribution in [0, 0.1) is 0 Å². The first kappa shape index (κ1) is 21.9. The van der Waals surface area contributed by atoms with Crippen molar-refractivity contribution in [2.45, 2.75) is 12.1 Å². The van der Waals surface area contributed by atoms with Crippen LogP contribution in [0.1, 0.15) is 11.6 Å². The Balaban J connectivity index is 1.33. The molecule has 5 aromatic rings. The fourth-order valence-electron chi connectivity index (χ4n) is 3.52. The van der Waals surface area contributed by atoms with E-state index in [2.05, 4.69) is 20.6 Å². The van der Waals surface area contributed by atoms with E-state index in [0.29, 0.717) is 27.3 Å². The van der Waals surface area contributed by atoms with Crippen molar-refractivity contribution in [3.8, 4) is 5.06 Å². The van der Waals surface area contributed by atoms with E-state index in [1.54, 1.807) is 65.9 Å². The van der Waals surface area contributed by atoms with Crippen LogP contribution in [0.4, 0.5) is 16.4 Å². The van der Waals surface area contributed by atoms with E-state index in [4.69, 9.17) is 10.5 Å². The third-order valence-corrected chi connectivity index (χ3v) is 7.07. The normalized spacial score (nSPS) is 13.0. The zero-order valence-electron chi connectivity index (χ0n) is 17.5. The predicted octanol–water partition coefficient (Wildman–Crippen LogP) is 4.25. The third kappa shape index (κ3) is 4.57. The summed E-state index contributed by atoms with van der Waals surface area (Å²) in [4.78, 5) is 32.5. The van der Waals surface area contributed by atoms with Crippen LogP contribution in [0.15, 0.2) is 66.0 Å². The number of hydrogen-bond acceptors (Lipinski definition) is 8.